The van der Waals surface area contributed by atoms with Crippen molar-refractivity contribution in [2.45, 2.75) is 51.0 Å². The number of rotatable bonds is 11. The van der Waals surface area contributed by atoms with Crippen molar-refractivity contribution >= 4 is 17.5 Å². The lowest BCUT2D eigenvalue weighted by molar-refractivity contribution is -0.138. The number of carboxylic acid groups (broad SMARTS) is 1. The van der Waals surface area contributed by atoms with Crippen LogP contribution in [0.5, 0.6) is 0 Å². The molecule has 218 valence electrons. The molecule has 0 spiro atoms. The van der Waals surface area contributed by atoms with Crippen molar-refractivity contribution in [2.24, 2.45) is 0 Å². The van der Waals surface area contributed by atoms with Gasteiger partial charge >= 0.3 is 5.97 Å². The summed E-state index contributed by atoms with van der Waals surface area (Å²) in [5.74, 6) is -1.34. The second-order valence-corrected chi connectivity index (χ2v) is 10.8. The lowest BCUT2D eigenvalue weighted by atomic mass is 9.67. The highest BCUT2D eigenvalue weighted by Gasteiger charge is 2.41. The maximum Gasteiger partial charge on any atom is 0.310 e. The second-order valence-electron chi connectivity index (χ2n) is 10.8. The molecule has 0 bridgehead atoms. The van der Waals surface area contributed by atoms with E-state index < -0.39 is 17.3 Å². The van der Waals surface area contributed by atoms with E-state index in [-0.39, 0.29) is 11.6 Å². The average molecular weight is 564 g/mol. The molecular weight excluding hydrogens is 522 g/mol. The van der Waals surface area contributed by atoms with Gasteiger partial charge in [0, 0.05) is 23.6 Å². The minimum atomic E-state index is -0.899. The standard InChI is InChI=1S/C21H27NO.C16H14O3/c1-5-20(23)21(16-17(2)22(3)4,18-12-8-6-9-13-18)19-14-10-7-11-15-19;1-11(16(18)19)13-8-5-9-14(10-13)15(17)12-6-3-2-4-7-12/h6-15,17H,5,16H2,1-4H3;2-11H,1H3,(H,18,19). The molecule has 0 aliphatic carbocycles. The third kappa shape index (κ3) is 7.68. The fourth-order valence-corrected chi connectivity index (χ4v) is 5.06. The number of hydrogen-bond acceptors (Lipinski definition) is 4. The van der Waals surface area contributed by atoms with E-state index in [2.05, 4.69) is 50.2 Å². The Balaban J connectivity index is 0.000000235. The Morgan fingerprint density at radius 1 is 0.714 bits per heavy atom. The summed E-state index contributed by atoms with van der Waals surface area (Å²) in [5.41, 5.74) is 3.34. The van der Waals surface area contributed by atoms with Crippen molar-refractivity contribution in [1.82, 2.24) is 4.90 Å². The van der Waals surface area contributed by atoms with E-state index in [0.717, 1.165) is 17.5 Å². The normalized spacial score (nSPS) is 12.5. The summed E-state index contributed by atoms with van der Waals surface area (Å²) < 4.78 is 0. The minimum Gasteiger partial charge on any atom is -0.481 e. The van der Waals surface area contributed by atoms with Crippen molar-refractivity contribution in [2.75, 3.05) is 14.1 Å². The van der Waals surface area contributed by atoms with Crippen molar-refractivity contribution < 1.29 is 19.5 Å². The van der Waals surface area contributed by atoms with E-state index in [1.807, 2.05) is 49.4 Å². The lowest BCUT2D eigenvalue weighted by Gasteiger charge is -2.37. The quantitative estimate of drug-likeness (QED) is 0.193. The predicted molar refractivity (Wildman–Crippen MR) is 169 cm³/mol. The largest absolute Gasteiger partial charge is 0.481 e. The highest BCUT2D eigenvalue weighted by Crippen LogP contribution is 2.39. The van der Waals surface area contributed by atoms with E-state index in [0.29, 0.717) is 29.2 Å². The van der Waals surface area contributed by atoms with Crippen LogP contribution in [0.1, 0.15) is 72.1 Å². The third-order valence-corrected chi connectivity index (χ3v) is 7.87. The van der Waals surface area contributed by atoms with E-state index in [4.69, 9.17) is 5.11 Å². The zero-order valence-corrected chi connectivity index (χ0v) is 25.2. The molecule has 0 heterocycles. The highest BCUT2D eigenvalue weighted by molar-refractivity contribution is 6.09. The molecule has 0 aliphatic heterocycles. The first kappa shape index (κ1) is 32.2. The van der Waals surface area contributed by atoms with Crippen molar-refractivity contribution in [1.29, 1.82) is 0 Å². The molecule has 0 aliphatic rings. The fraction of sp³-hybridized carbons (Fsp3) is 0.270. The van der Waals surface area contributed by atoms with Crippen molar-refractivity contribution in [3.05, 3.63) is 143 Å². The summed E-state index contributed by atoms with van der Waals surface area (Å²) in [7, 11) is 4.14. The molecule has 4 aromatic carbocycles. The number of ketones is 2. The Morgan fingerprint density at radius 3 is 1.64 bits per heavy atom. The lowest BCUT2D eigenvalue weighted by Crippen LogP contribution is -2.42. The molecule has 0 fully saturated rings. The zero-order valence-electron chi connectivity index (χ0n) is 25.2. The first-order chi connectivity index (χ1) is 20.1. The van der Waals surface area contributed by atoms with Crippen LogP contribution in [0.25, 0.3) is 0 Å². The van der Waals surface area contributed by atoms with Gasteiger partial charge in [0.2, 0.25) is 0 Å². The van der Waals surface area contributed by atoms with E-state index in [1.165, 1.54) is 0 Å². The molecule has 0 saturated heterocycles. The Morgan fingerprint density at radius 2 is 1.19 bits per heavy atom. The number of Topliss-reactive ketones (excluding diaryl/α,β-unsaturated/α-hetero) is 1. The molecule has 2 atom stereocenters. The topological polar surface area (TPSA) is 74.7 Å². The summed E-state index contributed by atoms with van der Waals surface area (Å²) in [6.45, 7) is 5.75. The summed E-state index contributed by atoms with van der Waals surface area (Å²) >= 11 is 0. The molecule has 42 heavy (non-hydrogen) atoms. The van der Waals surface area contributed by atoms with Crippen LogP contribution >= 0.6 is 0 Å². The maximum absolute atomic E-state index is 13.2. The number of carbonyl (C=O) groups excluding carboxylic acids is 2. The number of carbonyl (C=O) groups is 3. The molecular formula is C37H41NO4. The first-order valence-electron chi connectivity index (χ1n) is 14.3. The number of nitrogens with zero attached hydrogens (tertiary/aromatic N) is 1. The molecule has 2 unspecified atom stereocenters. The van der Waals surface area contributed by atoms with Crippen LogP contribution in [0, 0.1) is 0 Å². The second kappa shape index (κ2) is 15.0. The van der Waals surface area contributed by atoms with Crippen LogP contribution < -0.4 is 0 Å². The van der Waals surface area contributed by atoms with Gasteiger partial charge in [-0.25, -0.2) is 0 Å². The van der Waals surface area contributed by atoms with Crippen LogP contribution in [0.2, 0.25) is 0 Å². The summed E-state index contributed by atoms with van der Waals surface area (Å²) in [5, 5.41) is 9.00. The minimum absolute atomic E-state index is 0.0972. The molecule has 4 aromatic rings. The van der Waals surface area contributed by atoms with Crippen LogP contribution in [0.15, 0.2) is 115 Å². The summed E-state index contributed by atoms with van der Waals surface area (Å²) in [4.78, 5) is 38.6. The molecule has 1 N–H and O–H groups in total. The van der Waals surface area contributed by atoms with Gasteiger partial charge in [-0.15, -0.1) is 0 Å². The van der Waals surface area contributed by atoms with Gasteiger partial charge in [0.1, 0.15) is 5.78 Å². The molecule has 4 rings (SSSR count). The fourth-order valence-electron chi connectivity index (χ4n) is 5.06. The van der Waals surface area contributed by atoms with Gasteiger partial charge < -0.3 is 10.0 Å². The Kier molecular flexibility index (Phi) is 11.5. The molecule has 0 amide bonds. The van der Waals surface area contributed by atoms with Crippen LogP contribution in [-0.2, 0) is 15.0 Å². The van der Waals surface area contributed by atoms with Crippen LogP contribution in [0.4, 0.5) is 0 Å². The maximum atomic E-state index is 13.2. The smallest absolute Gasteiger partial charge is 0.310 e. The van der Waals surface area contributed by atoms with Gasteiger partial charge in [0.25, 0.3) is 0 Å². The monoisotopic (exact) mass is 563 g/mol. The van der Waals surface area contributed by atoms with Crippen LogP contribution in [-0.4, -0.2) is 47.7 Å². The molecule has 0 saturated carbocycles. The van der Waals surface area contributed by atoms with Gasteiger partial charge in [0.15, 0.2) is 5.78 Å². The van der Waals surface area contributed by atoms with Crippen molar-refractivity contribution in [3.8, 4) is 0 Å². The SMILES string of the molecule is CC(C(=O)O)c1cccc(C(=O)c2ccccc2)c1.CCC(=O)C(CC(C)N(C)C)(c1ccccc1)c1ccccc1. The Bertz CT molecular complexity index is 1410. The highest BCUT2D eigenvalue weighted by atomic mass is 16.4. The molecule has 0 radical (unpaired) electrons. The Hall–Kier alpha value is -4.35. The zero-order chi connectivity index (χ0) is 30.7. The van der Waals surface area contributed by atoms with Gasteiger partial charge in [-0.2, -0.15) is 0 Å². The van der Waals surface area contributed by atoms with Crippen LogP contribution in [0.3, 0.4) is 0 Å². The van der Waals surface area contributed by atoms with Crippen molar-refractivity contribution in [3.63, 3.8) is 0 Å². The first-order valence-corrected chi connectivity index (χ1v) is 14.3. The van der Waals surface area contributed by atoms with E-state index >= 15 is 0 Å². The Labute approximate surface area is 249 Å². The molecule has 5 nitrogen and oxygen atoms in total. The van der Waals surface area contributed by atoms with Gasteiger partial charge in [-0.1, -0.05) is 116 Å². The number of aliphatic carboxylic acids is 1. The number of hydrogen-bond donors (Lipinski definition) is 1. The summed E-state index contributed by atoms with van der Waals surface area (Å²) in [6, 6.07) is 36.5. The number of carboxylic acids is 1. The average Bonchev–Trinajstić information content (AvgIpc) is 3.03. The van der Waals surface area contributed by atoms with E-state index in [9.17, 15) is 14.4 Å². The third-order valence-electron chi connectivity index (χ3n) is 7.87. The van der Waals surface area contributed by atoms with Gasteiger partial charge in [-0.3, -0.25) is 14.4 Å². The predicted octanol–water partition coefficient (Wildman–Crippen LogP) is 7.40. The summed E-state index contributed by atoms with van der Waals surface area (Å²) in [6.07, 6.45) is 1.31. The number of benzene rings is 4. The van der Waals surface area contributed by atoms with E-state index in [1.54, 1.807) is 55.5 Å². The van der Waals surface area contributed by atoms with Gasteiger partial charge in [-0.05, 0) is 57.1 Å². The molecule has 5 heteroatoms. The van der Waals surface area contributed by atoms with Gasteiger partial charge in [0.05, 0.1) is 11.3 Å². The molecule has 0 aromatic heterocycles.